The van der Waals surface area contributed by atoms with Crippen molar-refractivity contribution < 1.29 is 17.9 Å². The van der Waals surface area contributed by atoms with Crippen LogP contribution >= 0.6 is 0 Å². The summed E-state index contributed by atoms with van der Waals surface area (Å²) in [7, 11) is 0. The minimum Gasteiger partial charge on any atom is -0.406 e. The number of benzene rings is 3. The molecule has 0 bridgehead atoms. The van der Waals surface area contributed by atoms with E-state index in [0.717, 1.165) is 18.5 Å². The molecule has 3 aromatic carbocycles. The van der Waals surface area contributed by atoms with Crippen LogP contribution in [0.2, 0.25) is 0 Å². The van der Waals surface area contributed by atoms with Gasteiger partial charge in [-0.3, -0.25) is 0 Å². The zero-order valence-electron chi connectivity index (χ0n) is 15.1. The Labute approximate surface area is 157 Å². The molecule has 1 atom stereocenters. The monoisotopic (exact) mass is 373 g/mol. The van der Waals surface area contributed by atoms with Crippen molar-refractivity contribution in [1.82, 2.24) is 5.32 Å². The molecule has 0 aliphatic heterocycles. The summed E-state index contributed by atoms with van der Waals surface area (Å²) in [5, 5.41) is 5.95. The number of ether oxygens (including phenoxy) is 1. The van der Waals surface area contributed by atoms with Crippen LogP contribution in [0.25, 0.3) is 10.8 Å². The average Bonchev–Trinajstić information content (AvgIpc) is 2.63. The Morgan fingerprint density at radius 2 is 1.70 bits per heavy atom. The number of rotatable bonds is 7. The van der Waals surface area contributed by atoms with Gasteiger partial charge in [-0.25, -0.2) is 0 Å². The summed E-state index contributed by atoms with van der Waals surface area (Å²) >= 11 is 0. The third kappa shape index (κ3) is 5.47. The molecule has 27 heavy (non-hydrogen) atoms. The summed E-state index contributed by atoms with van der Waals surface area (Å²) in [6, 6.07) is 20.9. The number of halogens is 3. The van der Waals surface area contributed by atoms with Crippen molar-refractivity contribution in [3.8, 4) is 5.75 Å². The molecule has 3 aromatic rings. The molecule has 0 aliphatic rings. The van der Waals surface area contributed by atoms with Gasteiger partial charge in [-0.1, -0.05) is 54.6 Å². The number of aryl methyl sites for hydroxylation is 1. The van der Waals surface area contributed by atoms with Crippen LogP contribution in [0.4, 0.5) is 13.2 Å². The van der Waals surface area contributed by atoms with Gasteiger partial charge in [0.25, 0.3) is 0 Å². The molecule has 0 amide bonds. The minimum absolute atomic E-state index is 0.169. The molecule has 0 saturated carbocycles. The van der Waals surface area contributed by atoms with Gasteiger partial charge in [0.15, 0.2) is 0 Å². The Bertz CT molecular complexity index is 887. The SMILES string of the molecule is C[C@@H](NCCCc1cccc(OC(F)(F)F)c1)c1cccc2ccccc12. The van der Waals surface area contributed by atoms with Crippen molar-refractivity contribution in [2.24, 2.45) is 0 Å². The highest BCUT2D eigenvalue weighted by Crippen LogP contribution is 2.25. The average molecular weight is 373 g/mol. The van der Waals surface area contributed by atoms with E-state index in [1.807, 2.05) is 18.2 Å². The molecule has 1 N–H and O–H groups in total. The van der Waals surface area contributed by atoms with Crippen molar-refractivity contribution in [2.75, 3.05) is 6.54 Å². The summed E-state index contributed by atoms with van der Waals surface area (Å²) in [5.41, 5.74) is 2.07. The van der Waals surface area contributed by atoms with Crippen molar-refractivity contribution in [1.29, 1.82) is 0 Å². The molecule has 0 aliphatic carbocycles. The van der Waals surface area contributed by atoms with Gasteiger partial charge in [0.1, 0.15) is 5.75 Å². The Morgan fingerprint density at radius 1 is 0.963 bits per heavy atom. The van der Waals surface area contributed by atoms with Crippen LogP contribution in [-0.4, -0.2) is 12.9 Å². The third-order valence-corrected chi connectivity index (χ3v) is 4.51. The normalized spacial score (nSPS) is 12.9. The third-order valence-electron chi connectivity index (χ3n) is 4.51. The quantitative estimate of drug-likeness (QED) is 0.511. The molecule has 2 nitrogen and oxygen atoms in total. The second kappa shape index (κ2) is 8.44. The van der Waals surface area contributed by atoms with E-state index in [2.05, 4.69) is 47.3 Å². The molecular formula is C22H22F3NO. The largest absolute Gasteiger partial charge is 0.573 e. The van der Waals surface area contributed by atoms with Crippen LogP contribution in [0.1, 0.15) is 30.5 Å². The van der Waals surface area contributed by atoms with E-state index in [0.29, 0.717) is 6.42 Å². The van der Waals surface area contributed by atoms with Gasteiger partial charge in [-0.15, -0.1) is 13.2 Å². The van der Waals surface area contributed by atoms with Gasteiger partial charge in [0.2, 0.25) is 0 Å². The minimum atomic E-state index is -4.66. The summed E-state index contributed by atoms with van der Waals surface area (Å²) in [6.45, 7) is 2.90. The van der Waals surface area contributed by atoms with Gasteiger partial charge >= 0.3 is 6.36 Å². The van der Waals surface area contributed by atoms with Crippen molar-refractivity contribution in [3.05, 3.63) is 77.9 Å². The van der Waals surface area contributed by atoms with E-state index >= 15 is 0 Å². The zero-order valence-corrected chi connectivity index (χ0v) is 15.1. The summed E-state index contributed by atoms with van der Waals surface area (Å²) < 4.78 is 40.9. The Hall–Kier alpha value is -2.53. The number of fused-ring (bicyclic) bond motifs is 1. The second-order valence-electron chi connectivity index (χ2n) is 6.54. The first kappa shape index (κ1) is 19.2. The van der Waals surface area contributed by atoms with Crippen molar-refractivity contribution >= 4 is 10.8 Å². The molecule has 0 unspecified atom stereocenters. The predicted octanol–water partition coefficient (Wildman–Crippen LogP) is 6.02. The Morgan fingerprint density at radius 3 is 2.52 bits per heavy atom. The van der Waals surface area contributed by atoms with E-state index in [1.165, 1.54) is 28.5 Å². The van der Waals surface area contributed by atoms with Crippen LogP contribution in [0.5, 0.6) is 5.75 Å². The highest BCUT2D eigenvalue weighted by atomic mass is 19.4. The maximum atomic E-state index is 12.3. The second-order valence-corrected chi connectivity index (χ2v) is 6.54. The fourth-order valence-electron chi connectivity index (χ4n) is 3.25. The summed E-state index contributed by atoms with van der Waals surface area (Å²) in [5.74, 6) is -0.169. The fourth-order valence-corrected chi connectivity index (χ4v) is 3.25. The number of alkyl halides is 3. The van der Waals surface area contributed by atoms with Gasteiger partial charge < -0.3 is 10.1 Å². The Kier molecular flexibility index (Phi) is 6.01. The molecule has 142 valence electrons. The van der Waals surface area contributed by atoms with E-state index < -0.39 is 6.36 Å². The lowest BCUT2D eigenvalue weighted by atomic mass is 9.99. The van der Waals surface area contributed by atoms with Gasteiger partial charge in [-0.05, 0) is 60.3 Å². The van der Waals surface area contributed by atoms with Gasteiger partial charge in [0.05, 0.1) is 0 Å². The molecule has 0 fully saturated rings. The van der Waals surface area contributed by atoms with E-state index in [4.69, 9.17) is 0 Å². The van der Waals surface area contributed by atoms with Crippen LogP contribution in [0.15, 0.2) is 66.7 Å². The number of hydrogen-bond donors (Lipinski definition) is 1. The molecule has 0 radical (unpaired) electrons. The van der Waals surface area contributed by atoms with Crippen LogP contribution in [-0.2, 0) is 6.42 Å². The lowest BCUT2D eigenvalue weighted by Gasteiger charge is -2.17. The maximum Gasteiger partial charge on any atom is 0.573 e. The summed E-state index contributed by atoms with van der Waals surface area (Å²) in [6.07, 6.45) is -3.15. The zero-order chi connectivity index (χ0) is 19.3. The smallest absolute Gasteiger partial charge is 0.406 e. The van der Waals surface area contributed by atoms with Crippen molar-refractivity contribution in [3.63, 3.8) is 0 Å². The lowest BCUT2D eigenvalue weighted by molar-refractivity contribution is -0.274. The Balaban J connectivity index is 1.53. The first-order valence-electron chi connectivity index (χ1n) is 8.98. The standard InChI is InChI=1S/C22H22F3NO/c1-16(20-13-5-10-18-9-2-3-12-21(18)20)26-14-6-8-17-7-4-11-19(15-17)27-22(23,24)25/h2-5,7,9-13,15-16,26H,6,8,14H2,1H3/t16-/m1/s1. The summed E-state index contributed by atoms with van der Waals surface area (Å²) in [4.78, 5) is 0. The predicted molar refractivity (Wildman–Crippen MR) is 102 cm³/mol. The van der Waals surface area contributed by atoms with Gasteiger partial charge in [0, 0.05) is 6.04 Å². The molecular weight excluding hydrogens is 351 g/mol. The van der Waals surface area contributed by atoms with Crippen LogP contribution < -0.4 is 10.1 Å². The highest BCUT2D eigenvalue weighted by Gasteiger charge is 2.31. The highest BCUT2D eigenvalue weighted by molar-refractivity contribution is 5.86. The van der Waals surface area contributed by atoms with Crippen molar-refractivity contribution in [2.45, 2.75) is 32.2 Å². The van der Waals surface area contributed by atoms with Crippen LogP contribution in [0.3, 0.4) is 0 Å². The first-order chi connectivity index (χ1) is 12.9. The number of nitrogens with one attached hydrogen (secondary N) is 1. The molecule has 0 aromatic heterocycles. The van der Waals surface area contributed by atoms with E-state index in [1.54, 1.807) is 6.07 Å². The maximum absolute atomic E-state index is 12.3. The number of hydrogen-bond acceptors (Lipinski definition) is 2. The molecule has 0 spiro atoms. The van der Waals surface area contributed by atoms with E-state index in [9.17, 15) is 13.2 Å². The van der Waals surface area contributed by atoms with Gasteiger partial charge in [-0.2, -0.15) is 0 Å². The molecule has 3 rings (SSSR count). The fraction of sp³-hybridized carbons (Fsp3) is 0.273. The first-order valence-corrected chi connectivity index (χ1v) is 8.98. The lowest BCUT2D eigenvalue weighted by Crippen LogP contribution is -2.20. The topological polar surface area (TPSA) is 21.3 Å². The molecule has 0 heterocycles. The van der Waals surface area contributed by atoms with E-state index in [-0.39, 0.29) is 11.8 Å². The van der Waals surface area contributed by atoms with Crippen LogP contribution in [0, 0.1) is 0 Å². The molecule has 0 saturated heterocycles. The molecule has 5 heteroatoms.